The van der Waals surface area contributed by atoms with Crippen LogP contribution in [0.1, 0.15) is 31.2 Å². The Bertz CT molecular complexity index is 582. The number of nitrogens with one attached hydrogen (secondary N) is 1. The smallest absolute Gasteiger partial charge is 0.326 e. The number of hydrogen-bond donors (Lipinski definition) is 2. The second kappa shape index (κ2) is 5.90. The van der Waals surface area contributed by atoms with Gasteiger partial charge < -0.3 is 10.4 Å². The minimum Gasteiger partial charge on any atom is -0.480 e. The molecular weight excluding hydrogens is 276 g/mol. The van der Waals surface area contributed by atoms with Crippen molar-refractivity contribution >= 4 is 17.6 Å². The van der Waals surface area contributed by atoms with E-state index in [0.29, 0.717) is 5.56 Å². The summed E-state index contributed by atoms with van der Waals surface area (Å²) in [5.41, 5.74) is 0.394. The van der Waals surface area contributed by atoms with Crippen LogP contribution in [0.4, 0.5) is 5.69 Å². The normalized spacial score (nSPS) is 16.8. The van der Waals surface area contributed by atoms with Crippen molar-refractivity contribution in [3.63, 3.8) is 0 Å². The first-order valence-corrected chi connectivity index (χ1v) is 6.67. The SMILES string of the molecule is CC(C(=O)NC(C(=O)O)C1CC1)c1cccc([N+](=O)[O-])c1. The third-order valence-electron chi connectivity index (χ3n) is 3.63. The molecule has 2 N–H and O–H groups in total. The molecule has 2 atom stereocenters. The van der Waals surface area contributed by atoms with E-state index in [1.807, 2.05) is 0 Å². The number of non-ortho nitro benzene ring substituents is 1. The molecule has 21 heavy (non-hydrogen) atoms. The highest BCUT2D eigenvalue weighted by Crippen LogP contribution is 2.33. The first-order valence-electron chi connectivity index (χ1n) is 6.67. The zero-order chi connectivity index (χ0) is 15.6. The van der Waals surface area contributed by atoms with E-state index in [0.717, 1.165) is 12.8 Å². The van der Waals surface area contributed by atoms with Crippen molar-refractivity contribution in [1.82, 2.24) is 5.32 Å². The van der Waals surface area contributed by atoms with Gasteiger partial charge in [-0.2, -0.15) is 0 Å². The molecule has 0 heterocycles. The second-order valence-electron chi connectivity index (χ2n) is 5.24. The molecule has 1 aromatic rings. The summed E-state index contributed by atoms with van der Waals surface area (Å²) >= 11 is 0. The summed E-state index contributed by atoms with van der Waals surface area (Å²) in [5, 5.41) is 22.4. The van der Waals surface area contributed by atoms with E-state index in [1.165, 1.54) is 18.2 Å². The molecule has 1 aromatic carbocycles. The minimum absolute atomic E-state index is 0.0104. The maximum absolute atomic E-state index is 12.1. The predicted octanol–water partition coefficient (Wildman–Crippen LogP) is 1.68. The molecule has 0 saturated heterocycles. The number of carbonyl (C=O) groups is 2. The van der Waals surface area contributed by atoms with Gasteiger partial charge in [-0.1, -0.05) is 12.1 Å². The Labute approximate surface area is 121 Å². The molecule has 112 valence electrons. The zero-order valence-electron chi connectivity index (χ0n) is 11.5. The number of nitrogens with zero attached hydrogens (tertiary/aromatic N) is 1. The summed E-state index contributed by atoms with van der Waals surface area (Å²) in [5.74, 6) is -2.14. The lowest BCUT2D eigenvalue weighted by atomic mass is 9.99. The van der Waals surface area contributed by atoms with Crippen LogP contribution in [-0.2, 0) is 9.59 Å². The van der Waals surface area contributed by atoms with Crippen molar-refractivity contribution in [1.29, 1.82) is 0 Å². The number of hydrogen-bond acceptors (Lipinski definition) is 4. The molecule has 1 fully saturated rings. The Morgan fingerprint density at radius 3 is 2.62 bits per heavy atom. The van der Waals surface area contributed by atoms with Gasteiger partial charge >= 0.3 is 5.97 Å². The quantitative estimate of drug-likeness (QED) is 0.612. The van der Waals surface area contributed by atoms with Crippen molar-refractivity contribution in [2.45, 2.75) is 31.7 Å². The van der Waals surface area contributed by atoms with Gasteiger partial charge in [-0.3, -0.25) is 14.9 Å². The van der Waals surface area contributed by atoms with Gasteiger partial charge in [0.15, 0.2) is 0 Å². The van der Waals surface area contributed by atoms with Gasteiger partial charge in [-0.15, -0.1) is 0 Å². The molecule has 7 heteroatoms. The number of rotatable bonds is 6. The summed E-state index contributed by atoms with van der Waals surface area (Å²) in [7, 11) is 0. The van der Waals surface area contributed by atoms with Crippen molar-refractivity contribution in [3.05, 3.63) is 39.9 Å². The molecule has 1 saturated carbocycles. The highest BCUT2D eigenvalue weighted by atomic mass is 16.6. The fraction of sp³-hybridized carbons (Fsp3) is 0.429. The van der Waals surface area contributed by atoms with Gasteiger partial charge in [0.1, 0.15) is 6.04 Å². The Kier molecular flexibility index (Phi) is 4.21. The van der Waals surface area contributed by atoms with Crippen molar-refractivity contribution in [2.75, 3.05) is 0 Å². The topological polar surface area (TPSA) is 110 Å². The highest BCUT2D eigenvalue weighted by molar-refractivity contribution is 5.88. The molecule has 2 unspecified atom stereocenters. The van der Waals surface area contributed by atoms with Crippen molar-refractivity contribution in [2.24, 2.45) is 5.92 Å². The van der Waals surface area contributed by atoms with Crippen LogP contribution in [0.15, 0.2) is 24.3 Å². The van der Waals surface area contributed by atoms with Gasteiger partial charge in [-0.05, 0) is 31.2 Å². The zero-order valence-corrected chi connectivity index (χ0v) is 11.5. The van der Waals surface area contributed by atoms with Crippen LogP contribution in [0.25, 0.3) is 0 Å². The fourth-order valence-electron chi connectivity index (χ4n) is 2.15. The van der Waals surface area contributed by atoms with E-state index in [1.54, 1.807) is 13.0 Å². The maximum atomic E-state index is 12.1. The number of carboxylic acid groups (broad SMARTS) is 1. The third kappa shape index (κ3) is 3.56. The Morgan fingerprint density at radius 2 is 2.10 bits per heavy atom. The van der Waals surface area contributed by atoms with E-state index >= 15 is 0 Å². The molecule has 0 bridgehead atoms. The van der Waals surface area contributed by atoms with Crippen LogP contribution in [0.5, 0.6) is 0 Å². The van der Waals surface area contributed by atoms with Crippen LogP contribution < -0.4 is 5.32 Å². The number of benzene rings is 1. The van der Waals surface area contributed by atoms with E-state index in [2.05, 4.69) is 5.32 Å². The Balaban J connectivity index is 2.09. The lowest BCUT2D eigenvalue weighted by molar-refractivity contribution is -0.384. The molecule has 0 spiro atoms. The molecule has 0 aliphatic heterocycles. The summed E-state index contributed by atoms with van der Waals surface area (Å²) in [4.78, 5) is 33.5. The molecule has 0 aromatic heterocycles. The lowest BCUT2D eigenvalue weighted by Gasteiger charge is -2.17. The van der Waals surface area contributed by atoms with E-state index in [9.17, 15) is 19.7 Å². The fourth-order valence-corrected chi connectivity index (χ4v) is 2.15. The number of amides is 1. The summed E-state index contributed by atoms with van der Waals surface area (Å²) in [6, 6.07) is 4.92. The predicted molar refractivity (Wildman–Crippen MR) is 73.8 cm³/mol. The molecule has 7 nitrogen and oxygen atoms in total. The van der Waals surface area contributed by atoms with Gasteiger partial charge in [0, 0.05) is 12.1 Å². The van der Waals surface area contributed by atoms with E-state index in [4.69, 9.17) is 5.11 Å². The number of carbonyl (C=O) groups excluding carboxylic acids is 1. The third-order valence-corrected chi connectivity index (χ3v) is 3.63. The van der Waals surface area contributed by atoms with E-state index < -0.39 is 28.8 Å². The monoisotopic (exact) mass is 292 g/mol. The lowest BCUT2D eigenvalue weighted by Crippen LogP contribution is -2.44. The number of nitro groups is 1. The first-order chi connectivity index (χ1) is 9.90. The molecule has 1 aliphatic carbocycles. The Hall–Kier alpha value is -2.44. The average Bonchev–Trinajstić information content (AvgIpc) is 3.27. The van der Waals surface area contributed by atoms with Crippen molar-refractivity contribution < 1.29 is 19.6 Å². The van der Waals surface area contributed by atoms with E-state index in [-0.39, 0.29) is 11.6 Å². The van der Waals surface area contributed by atoms with Gasteiger partial charge in [0.2, 0.25) is 5.91 Å². The van der Waals surface area contributed by atoms with Crippen LogP contribution in [0, 0.1) is 16.0 Å². The summed E-state index contributed by atoms with van der Waals surface area (Å²) < 4.78 is 0. The van der Waals surface area contributed by atoms with Crippen LogP contribution >= 0.6 is 0 Å². The number of carboxylic acids is 1. The molecule has 0 radical (unpaired) electrons. The van der Waals surface area contributed by atoms with Gasteiger partial charge in [0.25, 0.3) is 5.69 Å². The standard InChI is InChI=1S/C14H16N2O5/c1-8(10-3-2-4-11(7-10)16(20)21)13(17)15-12(14(18)19)9-5-6-9/h2-4,7-9,12H,5-6H2,1H3,(H,15,17)(H,18,19). The average molecular weight is 292 g/mol. The van der Waals surface area contributed by atoms with Crippen LogP contribution in [0.2, 0.25) is 0 Å². The van der Waals surface area contributed by atoms with Crippen LogP contribution in [-0.4, -0.2) is 27.9 Å². The summed E-state index contributed by atoms with van der Waals surface area (Å²) in [6.07, 6.45) is 1.59. The van der Waals surface area contributed by atoms with Gasteiger partial charge in [0.05, 0.1) is 10.8 Å². The number of nitro benzene ring substituents is 1. The first kappa shape index (κ1) is 15.0. The summed E-state index contributed by atoms with van der Waals surface area (Å²) in [6.45, 7) is 1.60. The molecular formula is C14H16N2O5. The highest BCUT2D eigenvalue weighted by Gasteiger charge is 2.38. The molecule has 1 amide bonds. The largest absolute Gasteiger partial charge is 0.480 e. The van der Waals surface area contributed by atoms with Gasteiger partial charge in [-0.25, -0.2) is 4.79 Å². The van der Waals surface area contributed by atoms with Crippen LogP contribution in [0.3, 0.4) is 0 Å². The maximum Gasteiger partial charge on any atom is 0.326 e. The Morgan fingerprint density at radius 1 is 1.43 bits per heavy atom. The number of aliphatic carboxylic acids is 1. The second-order valence-corrected chi connectivity index (χ2v) is 5.24. The molecule has 1 aliphatic rings. The minimum atomic E-state index is -1.04. The molecule has 2 rings (SSSR count). The van der Waals surface area contributed by atoms with Crippen molar-refractivity contribution in [3.8, 4) is 0 Å².